The molecule has 2 rings (SSSR count). The van der Waals surface area contributed by atoms with Crippen LogP contribution in [0.3, 0.4) is 0 Å². The molecule has 1 unspecified atom stereocenters. The Bertz CT molecular complexity index is 632. The number of sulfone groups is 1. The van der Waals surface area contributed by atoms with Gasteiger partial charge in [0, 0.05) is 45.5 Å². The number of aliphatic hydroxyl groups is 1. The van der Waals surface area contributed by atoms with Gasteiger partial charge in [-0.25, -0.2) is 17.2 Å². The summed E-state index contributed by atoms with van der Waals surface area (Å²) in [4.78, 5) is 4.10. The minimum absolute atomic E-state index is 0.143. The molecule has 23 heavy (non-hydrogen) atoms. The number of β-amino-alcohol motifs (C(OH)–C–C–N with tert-alkyl or cyclic N) is 1. The molecule has 0 aromatic heterocycles. The van der Waals surface area contributed by atoms with Crippen LogP contribution in [0.2, 0.25) is 0 Å². The molecule has 1 atom stereocenters. The van der Waals surface area contributed by atoms with Gasteiger partial charge in [0.25, 0.3) is 0 Å². The fourth-order valence-electron chi connectivity index (χ4n) is 2.56. The van der Waals surface area contributed by atoms with E-state index in [-0.39, 0.29) is 5.75 Å². The Morgan fingerprint density at radius 2 is 1.74 bits per heavy atom. The number of hydrogen-bond acceptors (Lipinski definition) is 5. The zero-order valence-corrected chi connectivity index (χ0v) is 13.9. The molecule has 130 valence electrons. The van der Waals surface area contributed by atoms with Gasteiger partial charge in [-0.15, -0.1) is 0 Å². The number of piperazine rings is 1. The molecule has 0 bridgehead atoms. The first-order chi connectivity index (χ1) is 10.7. The molecule has 1 N–H and O–H groups in total. The van der Waals surface area contributed by atoms with Gasteiger partial charge in [0.05, 0.1) is 11.9 Å². The number of benzene rings is 1. The molecule has 1 fully saturated rings. The fourth-order valence-corrected chi connectivity index (χ4v) is 3.15. The molecule has 1 aromatic rings. The van der Waals surface area contributed by atoms with Crippen molar-refractivity contribution < 1.29 is 22.3 Å². The summed E-state index contributed by atoms with van der Waals surface area (Å²) in [6.07, 6.45) is 0.342. The number of hydrogen-bond donors (Lipinski definition) is 1. The molecule has 1 saturated heterocycles. The lowest BCUT2D eigenvalue weighted by molar-refractivity contribution is 0.0744. The molecule has 0 amide bonds. The lowest BCUT2D eigenvalue weighted by Gasteiger charge is -2.35. The van der Waals surface area contributed by atoms with Crippen LogP contribution < -0.4 is 0 Å². The van der Waals surface area contributed by atoms with Crippen LogP contribution in [0.1, 0.15) is 11.7 Å². The first-order valence-corrected chi connectivity index (χ1v) is 9.56. The summed E-state index contributed by atoms with van der Waals surface area (Å²) < 4.78 is 48.4. The summed E-state index contributed by atoms with van der Waals surface area (Å²) in [5.41, 5.74) is 0.350. The normalized spacial score (nSPS) is 19.0. The highest BCUT2D eigenvalue weighted by Crippen LogP contribution is 2.18. The van der Waals surface area contributed by atoms with Gasteiger partial charge in [-0.2, -0.15) is 0 Å². The van der Waals surface area contributed by atoms with E-state index in [0.717, 1.165) is 25.2 Å². The predicted molar refractivity (Wildman–Crippen MR) is 83.9 cm³/mol. The minimum atomic E-state index is -2.96. The van der Waals surface area contributed by atoms with E-state index in [0.29, 0.717) is 31.7 Å². The second-order valence-electron chi connectivity index (χ2n) is 5.96. The van der Waals surface area contributed by atoms with Gasteiger partial charge in [-0.05, 0) is 17.7 Å². The molecular formula is C15H22F2N2O3S. The van der Waals surface area contributed by atoms with Gasteiger partial charge < -0.3 is 5.11 Å². The highest BCUT2D eigenvalue weighted by Gasteiger charge is 2.21. The molecule has 0 spiro atoms. The van der Waals surface area contributed by atoms with Crippen molar-refractivity contribution in [1.82, 2.24) is 9.80 Å². The van der Waals surface area contributed by atoms with Gasteiger partial charge in [0.1, 0.15) is 9.84 Å². The maximum Gasteiger partial charge on any atom is 0.159 e. The Balaban J connectivity index is 1.80. The van der Waals surface area contributed by atoms with E-state index in [1.54, 1.807) is 0 Å². The monoisotopic (exact) mass is 348 g/mol. The molecule has 0 saturated carbocycles. The van der Waals surface area contributed by atoms with E-state index in [2.05, 4.69) is 4.90 Å². The molecule has 5 nitrogen and oxygen atoms in total. The largest absolute Gasteiger partial charge is 0.387 e. The summed E-state index contributed by atoms with van der Waals surface area (Å²) in [5, 5.41) is 10.1. The van der Waals surface area contributed by atoms with Crippen molar-refractivity contribution in [2.75, 3.05) is 51.3 Å². The van der Waals surface area contributed by atoms with E-state index < -0.39 is 27.6 Å². The van der Waals surface area contributed by atoms with Gasteiger partial charge in [-0.1, -0.05) is 6.07 Å². The third-order valence-corrected chi connectivity index (χ3v) is 4.93. The topological polar surface area (TPSA) is 60.9 Å². The Morgan fingerprint density at radius 3 is 2.30 bits per heavy atom. The summed E-state index contributed by atoms with van der Waals surface area (Å²) in [6, 6.07) is 3.41. The van der Waals surface area contributed by atoms with E-state index in [9.17, 15) is 22.3 Å². The summed E-state index contributed by atoms with van der Waals surface area (Å²) >= 11 is 0. The van der Waals surface area contributed by atoms with Crippen LogP contribution in [-0.2, 0) is 9.84 Å². The smallest absolute Gasteiger partial charge is 0.159 e. The van der Waals surface area contributed by atoms with Crippen LogP contribution in [-0.4, -0.2) is 74.6 Å². The predicted octanol–water partition coefficient (Wildman–Crippen LogP) is 0.660. The van der Waals surface area contributed by atoms with Crippen LogP contribution in [0.25, 0.3) is 0 Å². The van der Waals surface area contributed by atoms with Crippen molar-refractivity contribution in [1.29, 1.82) is 0 Å². The Kier molecular flexibility index (Phi) is 6.07. The molecule has 0 aliphatic carbocycles. The maximum absolute atomic E-state index is 13.2. The molecule has 1 aliphatic heterocycles. The fraction of sp³-hybridized carbons (Fsp3) is 0.600. The highest BCUT2D eigenvalue weighted by atomic mass is 32.2. The second-order valence-corrected chi connectivity index (χ2v) is 8.22. The molecule has 0 radical (unpaired) electrons. The van der Waals surface area contributed by atoms with Crippen LogP contribution in [0.5, 0.6) is 0 Å². The Hall–Kier alpha value is -1.09. The van der Waals surface area contributed by atoms with E-state index in [1.165, 1.54) is 12.3 Å². The highest BCUT2D eigenvalue weighted by molar-refractivity contribution is 7.90. The van der Waals surface area contributed by atoms with Gasteiger partial charge in [0.2, 0.25) is 0 Å². The SMILES string of the molecule is CS(=O)(=O)CCN1CCN(CC(O)c2ccc(F)c(F)c2)CC1. The average molecular weight is 348 g/mol. The van der Waals surface area contributed by atoms with Gasteiger partial charge in [-0.3, -0.25) is 9.80 Å². The van der Waals surface area contributed by atoms with Crippen LogP contribution in [0, 0.1) is 11.6 Å². The molecule has 1 aliphatic rings. The molecule has 8 heteroatoms. The van der Waals surface area contributed by atoms with Gasteiger partial charge in [0.15, 0.2) is 11.6 Å². The number of nitrogens with zero attached hydrogens (tertiary/aromatic N) is 2. The Morgan fingerprint density at radius 1 is 1.13 bits per heavy atom. The zero-order valence-electron chi connectivity index (χ0n) is 13.1. The summed E-state index contributed by atoms with van der Waals surface area (Å²) in [6.45, 7) is 3.69. The van der Waals surface area contributed by atoms with E-state index >= 15 is 0 Å². The van der Waals surface area contributed by atoms with Crippen molar-refractivity contribution in [2.24, 2.45) is 0 Å². The number of aliphatic hydroxyl groups excluding tert-OH is 1. The Labute approximate surface area is 135 Å². The molecule has 1 heterocycles. The minimum Gasteiger partial charge on any atom is -0.387 e. The average Bonchev–Trinajstić information content (AvgIpc) is 2.48. The third kappa shape index (κ3) is 5.80. The standard InChI is InChI=1S/C15H22F2N2O3S/c1-23(21,22)9-8-18-4-6-19(7-5-18)11-15(20)12-2-3-13(16)14(17)10-12/h2-3,10,15,20H,4-9,11H2,1H3. The summed E-state index contributed by atoms with van der Waals surface area (Å²) in [5.74, 6) is -1.75. The molecule has 1 aromatic carbocycles. The third-order valence-electron chi connectivity index (χ3n) is 4.00. The van der Waals surface area contributed by atoms with Crippen LogP contribution in [0.15, 0.2) is 18.2 Å². The number of halogens is 2. The lowest BCUT2D eigenvalue weighted by Crippen LogP contribution is -2.48. The summed E-state index contributed by atoms with van der Waals surface area (Å²) in [7, 11) is -2.96. The second kappa shape index (κ2) is 7.65. The lowest BCUT2D eigenvalue weighted by atomic mass is 10.1. The van der Waals surface area contributed by atoms with Crippen molar-refractivity contribution in [3.8, 4) is 0 Å². The first-order valence-electron chi connectivity index (χ1n) is 7.50. The van der Waals surface area contributed by atoms with Crippen molar-refractivity contribution in [3.05, 3.63) is 35.4 Å². The number of rotatable bonds is 6. The van der Waals surface area contributed by atoms with Crippen molar-refractivity contribution in [2.45, 2.75) is 6.10 Å². The van der Waals surface area contributed by atoms with Crippen molar-refractivity contribution >= 4 is 9.84 Å². The molecular weight excluding hydrogens is 326 g/mol. The first kappa shape index (κ1) is 18.3. The van der Waals surface area contributed by atoms with Gasteiger partial charge >= 0.3 is 0 Å². The quantitative estimate of drug-likeness (QED) is 0.818. The van der Waals surface area contributed by atoms with E-state index in [1.807, 2.05) is 4.90 Å². The zero-order chi connectivity index (χ0) is 17.0. The van der Waals surface area contributed by atoms with Crippen molar-refractivity contribution in [3.63, 3.8) is 0 Å². The van der Waals surface area contributed by atoms with Crippen LogP contribution in [0.4, 0.5) is 8.78 Å². The van der Waals surface area contributed by atoms with E-state index in [4.69, 9.17) is 0 Å². The van der Waals surface area contributed by atoms with Crippen LogP contribution >= 0.6 is 0 Å². The maximum atomic E-state index is 13.2.